The SMILES string of the molecule is CO[P+](=O)NCCNCCNCCNCCN. The van der Waals surface area contributed by atoms with E-state index in [-0.39, 0.29) is 0 Å². The monoisotopic (exact) mass is 266 g/mol. The Kier molecular flexibility index (Phi) is 13.8. The van der Waals surface area contributed by atoms with E-state index < -0.39 is 8.18 Å². The fourth-order valence-corrected chi connectivity index (χ4v) is 1.55. The van der Waals surface area contributed by atoms with Crippen LogP contribution in [0.25, 0.3) is 0 Å². The highest BCUT2D eigenvalue weighted by atomic mass is 31.1. The quantitative estimate of drug-likeness (QED) is 0.207. The van der Waals surface area contributed by atoms with Crippen LogP contribution in [-0.2, 0) is 9.09 Å². The summed E-state index contributed by atoms with van der Waals surface area (Å²) in [4.78, 5) is 0. The molecule has 1 unspecified atom stereocenters. The van der Waals surface area contributed by atoms with E-state index in [2.05, 4.69) is 25.6 Å². The van der Waals surface area contributed by atoms with Crippen molar-refractivity contribution in [2.45, 2.75) is 0 Å². The molecule has 0 saturated carbocycles. The molecule has 1 atom stereocenters. The molecule has 0 saturated heterocycles. The van der Waals surface area contributed by atoms with Gasteiger partial charge in [0.15, 0.2) is 0 Å². The van der Waals surface area contributed by atoms with E-state index in [0.717, 1.165) is 39.3 Å². The third-order valence-electron chi connectivity index (χ3n) is 1.99. The molecule has 102 valence electrons. The summed E-state index contributed by atoms with van der Waals surface area (Å²) in [6.07, 6.45) is 0. The molecule has 0 aromatic rings. The van der Waals surface area contributed by atoms with E-state index in [0.29, 0.717) is 13.1 Å². The molecule has 0 rings (SSSR count). The summed E-state index contributed by atoms with van der Waals surface area (Å²) < 4.78 is 15.4. The third kappa shape index (κ3) is 13.8. The van der Waals surface area contributed by atoms with Crippen LogP contribution < -0.4 is 26.8 Å². The van der Waals surface area contributed by atoms with Crippen molar-refractivity contribution in [1.29, 1.82) is 0 Å². The Morgan fingerprint density at radius 3 is 1.88 bits per heavy atom. The maximum absolute atomic E-state index is 10.8. The second kappa shape index (κ2) is 13.9. The Morgan fingerprint density at radius 2 is 1.41 bits per heavy atom. The molecule has 0 amide bonds. The standard InChI is InChI=1S/C9H25N5O2P/c1-16-17(15)14-9-8-13-7-6-12-5-4-11-3-2-10/h11-13H,2-10H2,1H3,(H,14,15)/q+1. The van der Waals surface area contributed by atoms with Gasteiger partial charge >= 0.3 is 8.18 Å². The zero-order chi connectivity index (χ0) is 12.8. The predicted molar refractivity (Wildman–Crippen MR) is 70.3 cm³/mol. The first-order valence-electron chi connectivity index (χ1n) is 5.88. The number of hydrogen-bond acceptors (Lipinski definition) is 6. The van der Waals surface area contributed by atoms with E-state index >= 15 is 0 Å². The highest BCUT2D eigenvalue weighted by molar-refractivity contribution is 7.36. The fraction of sp³-hybridized carbons (Fsp3) is 1.00. The van der Waals surface area contributed by atoms with Crippen LogP contribution in [0.1, 0.15) is 0 Å². The number of rotatable bonds is 13. The van der Waals surface area contributed by atoms with Crippen LogP contribution in [0.5, 0.6) is 0 Å². The summed E-state index contributed by atoms with van der Waals surface area (Å²) >= 11 is 0. The third-order valence-corrected chi connectivity index (χ3v) is 2.80. The summed E-state index contributed by atoms with van der Waals surface area (Å²) in [5.74, 6) is 0. The zero-order valence-electron chi connectivity index (χ0n) is 10.5. The number of nitrogens with one attached hydrogen (secondary N) is 4. The smallest absolute Gasteiger partial charge is 0.329 e. The van der Waals surface area contributed by atoms with Crippen LogP contribution in [0.4, 0.5) is 0 Å². The maximum Gasteiger partial charge on any atom is 0.612 e. The van der Waals surface area contributed by atoms with Crippen LogP contribution >= 0.6 is 8.18 Å². The van der Waals surface area contributed by atoms with Crippen molar-refractivity contribution in [3.8, 4) is 0 Å². The van der Waals surface area contributed by atoms with Gasteiger partial charge in [-0.2, -0.15) is 0 Å². The van der Waals surface area contributed by atoms with E-state index in [1.54, 1.807) is 0 Å². The molecule has 0 aliphatic rings. The fourth-order valence-electron chi connectivity index (χ4n) is 1.13. The molecule has 0 spiro atoms. The molecular formula is C9H25N5O2P+. The summed E-state index contributed by atoms with van der Waals surface area (Å²) in [5.41, 5.74) is 5.34. The van der Waals surface area contributed by atoms with Crippen molar-refractivity contribution in [3.63, 3.8) is 0 Å². The van der Waals surface area contributed by atoms with Crippen molar-refractivity contribution in [2.75, 3.05) is 59.5 Å². The van der Waals surface area contributed by atoms with Gasteiger partial charge in [0.05, 0.1) is 13.7 Å². The molecule has 0 aromatic carbocycles. The van der Waals surface area contributed by atoms with Crippen LogP contribution in [0.2, 0.25) is 0 Å². The van der Waals surface area contributed by atoms with Crippen LogP contribution in [-0.4, -0.2) is 59.5 Å². The summed E-state index contributed by atoms with van der Waals surface area (Å²) in [5, 5.41) is 12.4. The zero-order valence-corrected chi connectivity index (χ0v) is 11.4. The minimum Gasteiger partial charge on any atom is -0.329 e. The Bertz CT molecular complexity index is 185. The lowest BCUT2D eigenvalue weighted by Gasteiger charge is -2.06. The first-order valence-corrected chi connectivity index (χ1v) is 7.06. The van der Waals surface area contributed by atoms with Crippen LogP contribution in [0, 0.1) is 0 Å². The van der Waals surface area contributed by atoms with E-state index in [9.17, 15) is 4.57 Å². The molecule has 0 aliphatic carbocycles. The molecule has 0 aliphatic heterocycles. The van der Waals surface area contributed by atoms with Gasteiger partial charge in [-0.1, -0.05) is 5.09 Å². The number of hydrogen-bond donors (Lipinski definition) is 5. The predicted octanol–water partition coefficient (Wildman–Crippen LogP) is -1.39. The van der Waals surface area contributed by atoms with Gasteiger partial charge in [-0.25, -0.2) is 0 Å². The second-order valence-corrected chi connectivity index (χ2v) is 4.58. The first-order chi connectivity index (χ1) is 8.31. The molecule has 6 N–H and O–H groups in total. The van der Waals surface area contributed by atoms with Crippen molar-refractivity contribution in [3.05, 3.63) is 0 Å². The van der Waals surface area contributed by atoms with Gasteiger partial charge in [0.1, 0.15) is 0 Å². The second-order valence-electron chi connectivity index (χ2n) is 3.39. The molecular weight excluding hydrogens is 241 g/mol. The lowest BCUT2D eigenvalue weighted by Crippen LogP contribution is -2.35. The minimum absolute atomic E-state index is 0.640. The molecule has 0 aromatic heterocycles. The van der Waals surface area contributed by atoms with Gasteiger partial charge in [0.25, 0.3) is 0 Å². The molecule has 8 heteroatoms. The van der Waals surface area contributed by atoms with Gasteiger partial charge in [0, 0.05) is 45.8 Å². The molecule has 17 heavy (non-hydrogen) atoms. The number of nitrogens with two attached hydrogens (primary N) is 1. The maximum atomic E-state index is 10.8. The van der Waals surface area contributed by atoms with Crippen LogP contribution in [0.3, 0.4) is 0 Å². The lowest BCUT2D eigenvalue weighted by molar-refractivity contribution is 0.404. The largest absolute Gasteiger partial charge is 0.612 e. The summed E-state index contributed by atoms with van der Waals surface area (Å²) in [6, 6.07) is 0. The first kappa shape index (κ1) is 16.9. The summed E-state index contributed by atoms with van der Waals surface area (Å²) in [6.45, 7) is 6.64. The highest BCUT2D eigenvalue weighted by Crippen LogP contribution is 2.11. The molecule has 0 heterocycles. The Balaban J connectivity index is 2.96. The van der Waals surface area contributed by atoms with Crippen LogP contribution in [0.15, 0.2) is 0 Å². The molecule has 0 radical (unpaired) electrons. The van der Waals surface area contributed by atoms with E-state index in [1.807, 2.05) is 0 Å². The summed E-state index contributed by atoms with van der Waals surface area (Å²) in [7, 11) is -0.270. The van der Waals surface area contributed by atoms with Crippen molar-refractivity contribution >= 4 is 8.18 Å². The molecule has 0 bridgehead atoms. The van der Waals surface area contributed by atoms with Crippen molar-refractivity contribution in [2.24, 2.45) is 5.73 Å². The van der Waals surface area contributed by atoms with Gasteiger partial charge in [-0.3, -0.25) is 0 Å². The Hall–Kier alpha value is -0.140. The van der Waals surface area contributed by atoms with Gasteiger partial charge in [-0.05, 0) is 4.57 Å². The van der Waals surface area contributed by atoms with E-state index in [4.69, 9.17) is 5.73 Å². The molecule has 0 fully saturated rings. The topological polar surface area (TPSA) is 100 Å². The van der Waals surface area contributed by atoms with Crippen molar-refractivity contribution in [1.82, 2.24) is 21.0 Å². The van der Waals surface area contributed by atoms with Gasteiger partial charge in [0.2, 0.25) is 0 Å². The average molecular weight is 266 g/mol. The lowest BCUT2D eigenvalue weighted by atomic mass is 10.5. The Labute approximate surface area is 104 Å². The Morgan fingerprint density at radius 1 is 0.941 bits per heavy atom. The van der Waals surface area contributed by atoms with Gasteiger partial charge in [-0.15, -0.1) is 4.52 Å². The highest BCUT2D eigenvalue weighted by Gasteiger charge is 2.11. The van der Waals surface area contributed by atoms with E-state index in [1.165, 1.54) is 7.11 Å². The molecule has 7 nitrogen and oxygen atoms in total. The van der Waals surface area contributed by atoms with Crippen molar-refractivity contribution < 1.29 is 9.09 Å². The average Bonchev–Trinajstić information content (AvgIpc) is 2.35. The minimum atomic E-state index is -1.69. The normalized spacial score (nSPS) is 11.8. The van der Waals surface area contributed by atoms with Gasteiger partial charge < -0.3 is 21.7 Å².